The number of anilines is 2. The summed E-state index contributed by atoms with van der Waals surface area (Å²) in [6, 6.07) is 18.6. The first-order valence-corrected chi connectivity index (χ1v) is 11.7. The number of fused-ring (bicyclic) bond motifs is 4. The summed E-state index contributed by atoms with van der Waals surface area (Å²) in [5, 5.41) is 14.3. The molecule has 2 N–H and O–H groups in total. The third-order valence-electron chi connectivity index (χ3n) is 6.73. The minimum absolute atomic E-state index is 0.0291. The van der Waals surface area contributed by atoms with Gasteiger partial charge in [0.1, 0.15) is 11.4 Å². The van der Waals surface area contributed by atoms with Crippen molar-refractivity contribution in [1.82, 2.24) is 9.47 Å². The van der Waals surface area contributed by atoms with Crippen LogP contribution in [0.15, 0.2) is 65.5 Å². The van der Waals surface area contributed by atoms with E-state index < -0.39 is 6.03 Å². The number of urea groups is 1. The summed E-state index contributed by atoms with van der Waals surface area (Å²) < 4.78 is 6.90. The normalized spacial score (nSPS) is 17.9. The predicted molar refractivity (Wildman–Crippen MR) is 134 cm³/mol. The maximum absolute atomic E-state index is 13.2. The molecule has 2 aromatic carbocycles. The van der Waals surface area contributed by atoms with Crippen LogP contribution in [-0.2, 0) is 6.54 Å². The van der Waals surface area contributed by atoms with Gasteiger partial charge < -0.3 is 24.8 Å². The Balaban J connectivity index is 1.31. The Morgan fingerprint density at radius 2 is 1.83 bits per heavy atom. The molecular formula is C27H25N5O4. The van der Waals surface area contributed by atoms with Crippen LogP contribution in [0.5, 0.6) is 5.75 Å². The van der Waals surface area contributed by atoms with Gasteiger partial charge in [-0.25, -0.2) is 4.79 Å². The maximum atomic E-state index is 13.2. The number of piperidine rings is 1. The minimum Gasteiger partial charge on any atom is -0.497 e. The van der Waals surface area contributed by atoms with Gasteiger partial charge in [0.2, 0.25) is 0 Å². The molecule has 1 aromatic heterocycles. The standard InChI is InChI=1S/C27H25N5O4/c1-36-22-7-5-19(6-8-22)25(33)31-14-18-11-20(16-31)24-10-9-23(26(34)32(24)15-18)30-27(35)29-21-4-2-3-17(12-21)13-28/h2-10,12,18,20H,11,14-16H2,1H3,(H2,29,30,35). The lowest BCUT2D eigenvalue weighted by molar-refractivity contribution is 0.0594. The number of pyridine rings is 1. The molecule has 9 nitrogen and oxygen atoms in total. The number of hydrogen-bond acceptors (Lipinski definition) is 5. The van der Waals surface area contributed by atoms with Crippen LogP contribution in [0, 0.1) is 17.2 Å². The lowest BCUT2D eigenvalue weighted by atomic mass is 9.83. The van der Waals surface area contributed by atoms with Crippen LogP contribution in [0.25, 0.3) is 0 Å². The van der Waals surface area contributed by atoms with Crippen LogP contribution in [0.2, 0.25) is 0 Å². The van der Waals surface area contributed by atoms with Crippen molar-refractivity contribution in [2.45, 2.75) is 18.9 Å². The molecule has 3 aromatic rings. The second-order valence-electron chi connectivity index (χ2n) is 9.10. The maximum Gasteiger partial charge on any atom is 0.323 e. The number of nitrogens with zero attached hydrogens (tertiary/aromatic N) is 3. The number of ether oxygens (including phenoxy) is 1. The number of carbonyl (C=O) groups is 2. The summed E-state index contributed by atoms with van der Waals surface area (Å²) in [5.41, 5.74) is 2.28. The molecule has 1 saturated heterocycles. The second-order valence-corrected chi connectivity index (χ2v) is 9.10. The molecule has 3 amide bonds. The molecular weight excluding hydrogens is 458 g/mol. The third-order valence-corrected chi connectivity index (χ3v) is 6.73. The zero-order chi connectivity index (χ0) is 25.2. The highest BCUT2D eigenvalue weighted by molar-refractivity contribution is 5.99. The van der Waals surface area contributed by atoms with E-state index in [1.807, 2.05) is 17.0 Å². The number of rotatable bonds is 4. The number of aromatic nitrogens is 1. The summed E-state index contributed by atoms with van der Waals surface area (Å²) in [7, 11) is 1.59. The summed E-state index contributed by atoms with van der Waals surface area (Å²) in [4.78, 5) is 40.7. The predicted octanol–water partition coefficient (Wildman–Crippen LogP) is 3.63. The van der Waals surface area contributed by atoms with Gasteiger partial charge >= 0.3 is 6.03 Å². The topological polar surface area (TPSA) is 116 Å². The Labute approximate surface area is 207 Å². The fourth-order valence-electron chi connectivity index (χ4n) is 5.07. The molecule has 2 atom stereocenters. The number of likely N-dealkylation sites (tertiary alicyclic amines) is 1. The number of nitrogens with one attached hydrogen (secondary N) is 2. The highest BCUT2D eigenvalue weighted by atomic mass is 16.5. The van der Waals surface area contributed by atoms with E-state index >= 15 is 0 Å². The molecule has 2 aliphatic heterocycles. The summed E-state index contributed by atoms with van der Waals surface area (Å²) in [6.45, 7) is 1.59. The van der Waals surface area contributed by atoms with E-state index in [1.165, 1.54) is 0 Å². The molecule has 9 heteroatoms. The van der Waals surface area contributed by atoms with E-state index in [1.54, 1.807) is 66.3 Å². The van der Waals surface area contributed by atoms with E-state index in [4.69, 9.17) is 10.00 Å². The SMILES string of the molecule is COc1ccc(C(=O)N2CC3CC(C2)c2ccc(NC(=O)Nc4cccc(C#N)c4)c(=O)n2C3)cc1. The molecule has 0 spiro atoms. The Hall–Kier alpha value is -4.58. The largest absolute Gasteiger partial charge is 0.497 e. The van der Waals surface area contributed by atoms with Crippen molar-refractivity contribution in [2.24, 2.45) is 5.92 Å². The number of carbonyl (C=O) groups excluding carboxylic acids is 2. The van der Waals surface area contributed by atoms with Crippen LogP contribution in [0.3, 0.4) is 0 Å². The van der Waals surface area contributed by atoms with Crippen molar-refractivity contribution in [1.29, 1.82) is 5.26 Å². The van der Waals surface area contributed by atoms with Gasteiger partial charge in [-0.2, -0.15) is 5.26 Å². The van der Waals surface area contributed by atoms with E-state index in [2.05, 4.69) is 10.6 Å². The molecule has 0 radical (unpaired) electrons. The second kappa shape index (κ2) is 9.58. The van der Waals surface area contributed by atoms with Gasteiger partial charge in [-0.3, -0.25) is 9.59 Å². The van der Waals surface area contributed by atoms with Crippen LogP contribution in [0.4, 0.5) is 16.2 Å². The summed E-state index contributed by atoms with van der Waals surface area (Å²) in [5.74, 6) is 0.862. The van der Waals surface area contributed by atoms with Crippen LogP contribution in [0.1, 0.15) is 34.0 Å². The van der Waals surface area contributed by atoms with Gasteiger partial charge in [-0.1, -0.05) is 6.07 Å². The molecule has 2 bridgehead atoms. The Kier molecular flexibility index (Phi) is 6.17. The highest BCUT2D eigenvalue weighted by Gasteiger charge is 2.37. The first-order chi connectivity index (χ1) is 17.4. The molecule has 1 fully saturated rings. The van der Waals surface area contributed by atoms with Crippen molar-refractivity contribution in [2.75, 3.05) is 30.8 Å². The molecule has 2 unspecified atom stereocenters. The Bertz CT molecular complexity index is 1420. The van der Waals surface area contributed by atoms with E-state index in [9.17, 15) is 14.4 Å². The van der Waals surface area contributed by atoms with Crippen LogP contribution >= 0.6 is 0 Å². The number of amides is 3. The van der Waals surface area contributed by atoms with Crippen molar-refractivity contribution < 1.29 is 14.3 Å². The lowest BCUT2D eigenvalue weighted by Crippen LogP contribution is -2.49. The fourth-order valence-corrected chi connectivity index (χ4v) is 5.07. The highest BCUT2D eigenvalue weighted by Crippen LogP contribution is 2.36. The molecule has 2 aliphatic rings. The van der Waals surface area contributed by atoms with E-state index in [0.29, 0.717) is 42.2 Å². The van der Waals surface area contributed by atoms with Gasteiger partial charge in [-0.15, -0.1) is 0 Å². The Morgan fingerprint density at radius 1 is 1.03 bits per heavy atom. The average Bonchev–Trinajstić information content (AvgIpc) is 2.90. The quantitative estimate of drug-likeness (QED) is 0.588. The molecule has 182 valence electrons. The Morgan fingerprint density at radius 3 is 2.58 bits per heavy atom. The van der Waals surface area contributed by atoms with Crippen LogP contribution in [-0.4, -0.2) is 41.6 Å². The third kappa shape index (κ3) is 4.53. The van der Waals surface area contributed by atoms with Gasteiger partial charge in [0.05, 0.1) is 18.7 Å². The first-order valence-electron chi connectivity index (χ1n) is 11.7. The molecule has 0 saturated carbocycles. The van der Waals surface area contributed by atoms with Gasteiger partial charge in [0.15, 0.2) is 0 Å². The summed E-state index contributed by atoms with van der Waals surface area (Å²) >= 11 is 0. The molecule has 5 rings (SSSR count). The number of benzene rings is 2. The zero-order valence-corrected chi connectivity index (χ0v) is 19.7. The number of hydrogen-bond donors (Lipinski definition) is 2. The van der Waals surface area contributed by atoms with Crippen molar-refractivity contribution in [3.8, 4) is 11.8 Å². The van der Waals surface area contributed by atoms with Crippen LogP contribution < -0.4 is 20.9 Å². The first kappa shape index (κ1) is 23.2. The van der Waals surface area contributed by atoms with Crippen molar-refractivity contribution in [3.05, 3.63) is 87.8 Å². The van der Waals surface area contributed by atoms with Crippen molar-refractivity contribution in [3.63, 3.8) is 0 Å². The summed E-state index contributed by atoms with van der Waals surface area (Å²) in [6.07, 6.45) is 0.911. The van der Waals surface area contributed by atoms with E-state index in [-0.39, 0.29) is 29.0 Å². The van der Waals surface area contributed by atoms with Crippen molar-refractivity contribution >= 4 is 23.3 Å². The number of methoxy groups -OCH3 is 1. The molecule has 0 aliphatic carbocycles. The molecule has 36 heavy (non-hydrogen) atoms. The van der Waals surface area contributed by atoms with E-state index in [0.717, 1.165) is 12.1 Å². The minimum atomic E-state index is -0.560. The van der Waals surface area contributed by atoms with Gasteiger partial charge in [-0.05, 0) is 66.9 Å². The van der Waals surface area contributed by atoms with Gasteiger partial charge in [0.25, 0.3) is 11.5 Å². The monoisotopic (exact) mass is 483 g/mol. The zero-order valence-electron chi connectivity index (χ0n) is 19.7. The smallest absolute Gasteiger partial charge is 0.323 e. The number of nitriles is 1. The fraction of sp³-hybridized carbons (Fsp3) is 0.259. The molecule has 3 heterocycles. The average molecular weight is 484 g/mol. The van der Waals surface area contributed by atoms with Gasteiger partial charge in [0, 0.05) is 42.5 Å². The lowest BCUT2D eigenvalue weighted by Gasteiger charge is -2.43.